The number of nitrogens with zero attached hydrogens (tertiary/aromatic N) is 2. The van der Waals surface area contributed by atoms with E-state index < -0.39 is 6.04 Å². The number of carbonyl (C=O) groups is 1. The first-order valence-electron chi connectivity index (χ1n) is 10.7. The summed E-state index contributed by atoms with van der Waals surface area (Å²) < 4.78 is 12.6. The molecule has 1 aliphatic heterocycles. The van der Waals surface area contributed by atoms with Crippen LogP contribution >= 0.6 is 27.3 Å². The van der Waals surface area contributed by atoms with E-state index in [0.717, 1.165) is 27.0 Å². The van der Waals surface area contributed by atoms with Crippen LogP contribution in [0.3, 0.4) is 0 Å². The highest BCUT2D eigenvalue weighted by molar-refractivity contribution is 9.10. The van der Waals surface area contributed by atoms with Crippen molar-refractivity contribution >= 4 is 49.3 Å². The first kappa shape index (κ1) is 21.9. The van der Waals surface area contributed by atoms with E-state index in [0.29, 0.717) is 34.0 Å². The Morgan fingerprint density at radius 1 is 1.18 bits per heavy atom. The van der Waals surface area contributed by atoms with E-state index in [1.807, 2.05) is 45.0 Å². The van der Waals surface area contributed by atoms with Gasteiger partial charge in [0.15, 0.2) is 10.6 Å². The third-order valence-electron chi connectivity index (χ3n) is 5.70. The summed E-state index contributed by atoms with van der Waals surface area (Å²) in [7, 11) is 0. The van der Waals surface area contributed by atoms with E-state index in [2.05, 4.69) is 20.9 Å². The average Bonchev–Trinajstić information content (AvgIpc) is 3.29. The van der Waals surface area contributed by atoms with E-state index in [1.165, 1.54) is 11.3 Å². The Hall–Kier alpha value is -2.97. The molecule has 33 heavy (non-hydrogen) atoms. The third kappa shape index (κ3) is 3.67. The number of amides is 1. The van der Waals surface area contributed by atoms with Gasteiger partial charge in [0.05, 0.1) is 29.3 Å². The molecule has 1 aliphatic rings. The van der Waals surface area contributed by atoms with E-state index in [-0.39, 0.29) is 17.1 Å². The van der Waals surface area contributed by atoms with Crippen LogP contribution in [0.2, 0.25) is 0 Å². The fourth-order valence-corrected chi connectivity index (χ4v) is 5.31. The van der Waals surface area contributed by atoms with Crippen LogP contribution in [0.1, 0.15) is 51.6 Å². The molecule has 1 atom stereocenters. The van der Waals surface area contributed by atoms with Crippen LogP contribution < -0.4 is 15.1 Å². The summed E-state index contributed by atoms with van der Waals surface area (Å²) >= 11 is 4.86. The minimum absolute atomic E-state index is 0.0604. The molecule has 0 bridgehead atoms. The number of hydrogen-bond acceptors (Lipinski definition) is 6. The normalized spacial score (nSPS) is 15.3. The summed E-state index contributed by atoms with van der Waals surface area (Å²) in [6.07, 6.45) is 0.878. The van der Waals surface area contributed by atoms with Gasteiger partial charge in [-0.1, -0.05) is 35.0 Å². The Balaban J connectivity index is 1.76. The lowest BCUT2D eigenvalue weighted by molar-refractivity contribution is 0.0971. The second kappa shape index (κ2) is 8.43. The predicted octanol–water partition coefficient (Wildman–Crippen LogP) is 6.17. The topological polar surface area (TPSA) is 72.6 Å². The minimum atomic E-state index is -0.665. The van der Waals surface area contributed by atoms with Gasteiger partial charge in [0.2, 0.25) is 5.76 Å². The second-order valence-electron chi connectivity index (χ2n) is 7.95. The summed E-state index contributed by atoms with van der Waals surface area (Å²) in [5.74, 6) is 0.380. The summed E-state index contributed by atoms with van der Waals surface area (Å²) in [6.45, 7) is 6.50. The molecule has 0 saturated carbocycles. The van der Waals surface area contributed by atoms with Gasteiger partial charge < -0.3 is 9.15 Å². The number of ether oxygens (including phenoxy) is 1. The molecule has 6 nitrogen and oxygen atoms in total. The van der Waals surface area contributed by atoms with Crippen molar-refractivity contribution in [3.8, 4) is 5.75 Å². The average molecular weight is 525 g/mol. The van der Waals surface area contributed by atoms with Gasteiger partial charge in [-0.2, -0.15) is 0 Å². The maximum atomic E-state index is 13.7. The van der Waals surface area contributed by atoms with Crippen molar-refractivity contribution in [2.24, 2.45) is 0 Å². The van der Waals surface area contributed by atoms with Crippen molar-refractivity contribution in [1.82, 2.24) is 4.98 Å². The maximum absolute atomic E-state index is 13.7. The number of anilines is 1. The van der Waals surface area contributed by atoms with Gasteiger partial charge in [-0.15, -0.1) is 11.3 Å². The van der Waals surface area contributed by atoms with E-state index in [1.54, 1.807) is 23.1 Å². The Morgan fingerprint density at radius 3 is 2.73 bits per heavy atom. The van der Waals surface area contributed by atoms with Gasteiger partial charge in [-0.05, 0) is 56.2 Å². The lowest BCUT2D eigenvalue weighted by Crippen LogP contribution is -2.29. The standard InChI is InChI=1S/C25H21BrN2O4S/c1-4-10-31-17-7-5-6-15(11-17)21-20-22(29)18-12-16(26)8-9-19(18)32-23(20)24(30)28(21)25-27-13(2)14(3)33-25/h5-9,11-12,21H,4,10H2,1-3H3/t21-/m0/s1. The lowest BCUT2D eigenvalue weighted by atomic mass is 9.98. The molecule has 8 heteroatoms. The SMILES string of the molecule is CCCOc1cccc([C@H]2c3c(oc4ccc(Br)cc4c3=O)C(=O)N2c2nc(C)c(C)s2)c1. The molecule has 2 aromatic carbocycles. The Morgan fingerprint density at radius 2 is 2.00 bits per heavy atom. The highest BCUT2D eigenvalue weighted by atomic mass is 79.9. The van der Waals surface area contributed by atoms with Crippen LogP contribution in [0.15, 0.2) is 56.1 Å². The van der Waals surface area contributed by atoms with E-state index in [4.69, 9.17) is 9.15 Å². The predicted molar refractivity (Wildman–Crippen MR) is 133 cm³/mol. The van der Waals surface area contributed by atoms with Gasteiger partial charge in [-0.3, -0.25) is 14.5 Å². The fourth-order valence-electron chi connectivity index (χ4n) is 4.01. The lowest BCUT2D eigenvalue weighted by Gasteiger charge is -2.23. The number of halogens is 1. The molecule has 0 aliphatic carbocycles. The zero-order valence-corrected chi connectivity index (χ0v) is 20.7. The number of rotatable bonds is 5. The monoisotopic (exact) mass is 524 g/mol. The zero-order chi connectivity index (χ0) is 23.3. The van der Waals surface area contributed by atoms with Gasteiger partial charge in [-0.25, -0.2) is 4.98 Å². The van der Waals surface area contributed by atoms with Gasteiger partial charge >= 0.3 is 0 Å². The molecular formula is C25H21BrN2O4S. The third-order valence-corrected chi connectivity index (χ3v) is 7.27. The highest BCUT2D eigenvalue weighted by Crippen LogP contribution is 2.43. The van der Waals surface area contributed by atoms with Crippen molar-refractivity contribution in [2.75, 3.05) is 11.5 Å². The van der Waals surface area contributed by atoms with Crippen molar-refractivity contribution in [2.45, 2.75) is 33.2 Å². The first-order valence-corrected chi connectivity index (χ1v) is 12.3. The van der Waals surface area contributed by atoms with Gasteiger partial charge in [0, 0.05) is 9.35 Å². The molecule has 168 valence electrons. The summed E-state index contributed by atoms with van der Waals surface area (Å²) in [5, 5.41) is 0.962. The molecular weight excluding hydrogens is 504 g/mol. The van der Waals surface area contributed by atoms with Crippen LogP contribution in [-0.2, 0) is 0 Å². The van der Waals surface area contributed by atoms with Gasteiger partial charge in [0.1, 0.15) is 11.3 Å². The number of benzene rings is 2. The quantitative estimate of drug-likeness (QED) is 0.312. The van der Waals surface area contributed by atoms with Crippen LogP contribution in [0.5, 0.6) is 5.75 Å². The molecule has 0 N–H and O–H groups in total. The maximum Gasteiger partial charge on any atom is 0.297 e. The molecule has 0 spiro atoms. The summed E-state index contributed by atoms with van der Waals surface area (Å²) in [5.41, 5.74) is 2.10. The van der Waals surface area contributed by atoms with E-state index >= 15 is 0 Å². The van der Waals surface area contributed by atoms with Crippen LogP contribution in [0.4, 0.5) is 5.13 Å². The van der Waals surface area contributed by atoms with Gasteiger partial charge in [0.25, 0.3) is 5.91 Å². The number of carbonyl (C=O) groups excluding carboxylic acids is 1. The molecule has 0 fully saturated rings. The molecule has 0 saturated heterocycles. The number of aryl methyl sites for hydroxylation is 2. The molecule has 5 rings (SSSR count). The molecule has 0 unspecified atom stereocenters. The number of thiazole rings is 1. The first-order chi connectivity index (χ1) is 15.9. The van der Waals surface area contributed by atoms with E-state index in [9.17, 15) is 9.59 Å². The molecule has 2 aromatic heterocycles. The Bertz CT molecular complexity index is 1440. The van der Waals surface area contributed by atoms with Crippen molar-refractivity contribution in [1.29, 1.82) is 0 Å². The van der Waals surface area contributed by atoms with Crippen molar-refractivity contribution < 1.29 is 13.9 Å². The van der Waals surface area contributed by atoms with Crippen LogP contribution in [0.25, 0.3) is 11.0 Å². The van der Waals surface area contributed by atoms with Crippen molar-refractivity contribution in [3.63, 3.8) is 0 Å². The molecule has 1 amide bonds. The summed E-state index contributed by atoms with van der Waals surface area (Å²) in [6, 6.07) is 12.1. The number of fused-ring (bicyclic) bond motifs is 2. The molecule has 4 aromatic rings. The number of hydrogen-bond donors (Lipinski definition) is 0. The Kier molecular flexibility index (Phi) is 5.58. The molecule has 3 heterocycles. The summed E-state index contributed by atoms with van der Waals surface area (Å²) in [4.78, 5) is 34.6. The zero-order valence-electron chi connectivity index (χ0n) is 18.3. The van der Waals surface area contributed by atoms with Crippen molar-refractivity contribution in [3.05, 3.63) is 84.6 Å². The second-order valence-corrected chi connectivity index (χ2v) is 10.0. The van der Waals surface area contributed by atoms with Crippen LogP contribution in [-0.4, -0.2) is 17.5 Å². The molecule has 0 radical (unpaired) electrons. The fraction of sp³-hybridized carbons (Fsp3) is 0.240. The number of aromatic nitrogens is 1. The Labute approximate surface area is 203 Å². The highest BCUT2D eigenvalue weighted by Gasteiger charge is 2.45. The smallest absolute Gasteiger partial charge is 0.297 e. The largest absolute Gasteiger partial charge is 0.494 e. The van der Waals surface area contributed by atoms with Crippen LogP contribution in [0, 0.1) is 13.8 Å². The minimum Gasteiger partial charge on any atom is -0.494 e.